The van der Waals surface area contributed by atoms with E-state index in [-0.39, 0.29) is 18.8 Å². The number of esters is 2. The average molecular weight is 663 g/mol. The van der Waals surface area contributed by atoms with Crippen LogP contribution in [0.4, 0.5) is 0 Å². The van der Waals surface area contributed by atoms with Crippen LogP contribution in [-0.4, -0.2) is 43.9 Å². The highest BCUT2D eigenvalue weighted by Crippen LogP contribution is 2.34. The van der Waals surface area contributed by atoms with E-state index >= 15 is 0 Å². The van der Waals surface area contributed by atoms with Gasteiger partial charge in [0.25, 0.3) is 5.56 Å². The monoisotopic (exact) mass is 662 g/mol. The molecular weight excluding hydrogens is 635 g/mol. The molecule has 11 heteroatoms. The van der Waals surface area contributed by atoms with Gasteiger partial charge in [-0.25, -0.2) is 14.6 Å². The number of aromatic nitrogens is 1. The van der Waals surface area contributed by atoms with Crippen LogP contribution in [0.25, 0.3) is 6.08 Å². The SMILES string of the molecule is CCOC(=O)COc1c(I)cc(/C=c2\sc3n(c2=O)[C@@H](c2ccccc2)C(C(=O)OC)=C(CC)N=3)cc1OC. The van der Waals surface area contributed by atoms with Crippen molar-refractivity contribution in [2.24, 2.45) is 4.99 Å². The van der Waals surface area contributed by atoms with E-state index in [0.717, 1.165) is 5.56 Å². The molecule has 1 aliphatic heterocycles. The number of benzene rings is 2. The normalized spacial score (nSPS) is 14.9. The summed E-state index contributed by atoms with van der Waals surface area (Å²) < 4.78 is 23.9. The topological polar surface area (TPSA) is 105 Å². The summed E-state index contributed by atoms with van der Waals surface area (Å²) in [6.45, 7) is 3.65. The predicted octanol–water partition coefficient (Wildman–Crippen LogP) is 3.35. The molecule has 204 valence electrons. The van der Waals surface area contributed by atoms with Crippen LogP contribution in [0, 0.1) is 3.57 Å². The van der Waals surface area contributed by atoms with Crippen LogP contribution in [0.1, 0.15) is 37.4 Å². The molecule has 9 nitrogen and oxygen atoms in total. The van der Waals surface area contributed by atoms with Crippen LogP contribution >= 0.6 is 33.9 Å². The Morgan fingerprint density at radius 1 is 1.15 bits per heavy atom. The Hall–Kier alpha value is -3.45. The van der Waals surface area contributed by atoms with Crippen LogP contribution in [0.3, 0.4) is 0 Å². The molecular formula is C28H27IN2O7S. The van der Waals surface area contributed by atoms with Gasteiger partial charge in [0.1, 0.15) is 0 Å². The van der Waals surface area contributed by atoms with Crippen molar-refractivity contribution in [2.45, 2.75) is 26.3 Å². The second kappa shape index (κ2) is 12.6. The van der Waals surface area contributed by atoms with Gasteiger partial charge in [0.15, 0.2) is 22.9 Å². The van der Waals surface area contributed by atoms with Gasteiger partial charge < -0.3 is 18.9 Å². The number of hydrogen-bond acceptors (Lipinski definition) is 9. The maximum absolute atomic E-state index is 13.8. The minimum Gasteiger partial charge on any atom is -0.493 e. The van der Waals surface area contributed by atoms with E-state index < -0.39 is 18.0 Å². The van der Waals surface area contributed by atoms with E-state index in [4.69, 9.17) is 18.9 Å². The summed E-state index contributed by atoms with van der Waals surface area (Å²) in [5.74, 6) is -0.180. The van der Waals surface area contributed by atoms with Crippen molar-refractivity contribution in [1.29, 1.82) is 0 Å². The molecule has 0 unspecified atom stereocenters. The number of ether oxygens (including phenoxy) is 4. The number of fused-ring (bicyclic) bond motifs is 1. The molecule has 0 saturated heterocycles. The van der Waals surface area contributed by atoms with Crippen molar-refractivity contribution in [3.05, 3.63) is 88.1 Å². The highest BCUT2D eigenvalue weighted by atomic mass is 127. The van der Waals surface area contributed by atoms with E-state index in [0.29, 0.717) is 47.7 Å². The summed E-state index contributed by atoms with van der Waals surface area (Å²) >= 11 is 3.34. The lowest BCUT2D eigenvalue weighted by atomic mass is 9.95. The van der Waals surface area contributed by atoms with Crippen LogP contribution in [0.5, 0.6) is 11.5 Å². The lowest BCUT2D eigenvalue weighted by molar-refractivity contribution is -0.145. The molecule has 39 heavy (non-hydrogen) atoms. The Balaban J connectivity index is 1.84. The van der Waals surface area contributed by atoms with Gasteiger partial charge in [-0.3, -0.25) is 9.36 Å². The van der Waals surface area contributed by atoms with Crippen LogP contribution in [-0.2, 0) is 19.1 Å². The zero-order valence-electron chi connectivity index (χ0n) is 21.9. The molecule has 0 N–H and O–H groups in total. The molecule has 0 spiro atoms. The minimum atomic E-state index is -0.666. The number of rotatable bonds is 9. The molecule has 2 aromatic carbocycles. The number of nitrogens with zero attached hydrogens (tertiary/aromatic N) is 2. The van der Waals surface area contributed by atoms with Gasteiger partial charge in [-0.1, -0.05) is 48.6 Å². The summed E-state index contributed by atoms with van der Waals surface area (Å²) in [5.41, 5.74) is 2.14. The summed E-state index contributed by atoms with van der Waals surface area (Å²) in [7, 11) is 2.83. The number of hydrogen-bond donors (Lipinski definition) is 0. The Morgan fingerprint density at radius 2 is 1.90 bits per heavy atom. The molecule has 0 saturated carbocycles. The number of methoxy groups -OCH3 is 2. The molecule has 0 amide bonds. The standard InChI is InChI=1S/C28H27IN2O7S/c1-5-19-23(27(34)36-4)24(17-10-8-7-9-11-17)31-26(33)21(39-28(31)30-19)14-16-12-18(29)25(20(13-16)35-3)38-15-22(32)37-6-2/h7-14,24H,5-6,15H2,1-4H3/b21-14-/t24-/m0/s1. The fraction of sp³-hybridized carbons (Fsp3) is 0.286. The smallest absolute Gasteiger partial charge is 0.344 e. The molecule has 0 radical (unpaired) electrons. The van der Waals surface area contributed by atoms with E-state index in [1.54, 1.807) is 23.6 Å². The second-order valence-electron chi connectivity index (χ2n) is 8.33. The maximum atomic E-state index is 13.8. The molecule has 1 aromatic heterocycles. The van der Waals surface area contributed by atoms with Crippen molar-refractivity contribution in [1.82, 2.24) is 4.57 Å². The van der Waals surface area contributed by atoms with Gasteiger partial charge in [-0.05, 0) is 65.3 Å². The van der Waals surface area contributed by atoms with E-state index in [9.17, 15) is 14.4 Å². The highest BCUT2D eigenvalue weighted by Gasteiger charge is 2.33. The van der Waals surface area contributed by atoms with Crippen LogP contribution in [0.15, 0.2) is 63.5 Å². The third kappa shape index (κ3) is 5.93. The molecule has 0 aliphatic carbocycles. The summed E-state index contributed by atoms with van der Waals surface area (Å²) in [6, 6.07) is 12.3. The number of allylic oxidation sites excluding steroid dienone is 1. The van der Waals surface area contributed by atoms with E-state index in [2.05, 4.69) is 27.6 Å². The average Bonchev–Trinajstić information content (AvgIpc) is 3.25. The fourth-order valence-corrected chi connectivity index (χ4v) is 6.06. The van der Waals surface area contributed by atoms with E-state index in [1.807, 2.05) is 43.3 Å². The zero-order valence-corrected chi connectivity index (χ0v) is 24.8. The first-order chi connectivity index (χ1) is 18.8. The van der Waals surface area contributed by atoms with Gasteiger partial charge in [0, 0.05) is 0 Å². The predicted molar refractivity (Wildman–Crippen MR) is 155 cm³/mol. The van der Waals surface area contributed by atoms with Crippen molar-refractivity contribution >= 4 is 51.9 Å². The number of carbonyl (C=O) groups excluding carboxylic acids is 2. The molecule has 2 heterocycles. The number of halogens is 1. The zero-order chi connectivity index (χ0) is 28.1. The van der Waals surface area contributed by atoms with Gasteiger partial charge in [0.05, 0.1) is 46.2 Å². The second-order valence-corrected chi connectivity index (χ2v) is 10.5. The summed E-state index contributed by atoms with van der Waals surface area (Å²) in [5, 5.41) is 0. The molecule has 1 aliphatic rings. The fourth-order valence-electron chi connectivity index (χ4n) is 4.26. The first kappa shape index (κ1) is 28.6. The Labute approximate surface area is 242 Å². The molecule has 4 rings (SSSR count). The first-order valence-corrected chi connectivity index (χ1v) is 14.1. The van der Waals surface area contributed by atoms with Crippen molar-refractivity contribution in [2.75, 3.05) is 27.4 Å². The van der Waals surface area contributed by atoms with Crippen LogP contribution < -0.4 is 24.4 Å². The summed E-state index contributed by atoms with van der Waals surface area (Å²) in [6.07, 6.45) is 2.25. The van der Waals surface area contributed by atoms with Crippen molar-refractivity contribution in [3.8, 4) is 11.5 Å². The molecule has 0 bridgehead atoms. The largest absolute Gasteiger partial charge is 0.493 e. The minimum absolute atomic E-state index is 0.250. The van der Waals surface area contributed by atoms with Crippen LogP contribution in [0.2, 0.25) is 0 Å². The third-order valence-corrected chi connectivity index (χ3v) is 7.74. The van der Waals surface area contributed by atoms with Gasteiger partial charge in [0.2, 0.25) is 0 Å². The number of thiazole rings is 1. The third-order valence-electron chi connectivity index (χ3n) is 5.95. The lowest BCUT2D eigenvalue weighted by Crippen LogP contribution is -2.40. The van der Waals surface area contributed by atoms with Gasteiger partial charge in [-0.15, -0.1) is 0 Å². The first-order valence-electron chi connectivity index (χ1n) is 12.2. The number of carbonyl (C=O) groups is 2. The quantitative estimate of drug-likeness (QED) is 0.256. The lowest BCUT2D eigenvalue weighted by Gasteiger charge is -2.25. The maximum Gasteiger partial charge on any atom is 0.344 e. The van der Waals surface area contributed by atoms with Crippen molar-refractivity contribution in [3.63, 3.8) is 0 Å². The van der Waals surface area contributed by atoms with Crippen molar-refractivity contribution < 1.29 is 28.5 Å². The molecule has 3 aromatic rings. The Kier molecular flexibility index (Phi) is 9.23. The van der Waals surface area contributed by atoms with E-state index in [1.165, 1.54) is 25.6 Å². The Morgan fingerprint density at radius 3 is 2.54 bits per heavy atom. The van der Waals surface area contributed by atoms with Gasteiger partial charge in [-0.2, -0.15) is 0 Å². The Bertz CT molecular complexity index is 1610. The highest BCUT2D eigenvalue weighted by molar-refractivity contribution is 14.1. The van der Waals surface area contributed by atoms with Gasteiger partial charge >= 0.3 is 11.9 Å². The molecule has 0 fully saturated rings. The summed E-state index contributed by atoms with van der Waals surface area (Å²) in [4.78, 5) is 43.6. The molecule has 1 atom stereocenters.